The fourth-order valence-corrected chi connectivity index (χ4v) is 5.66. The molecule has 2 fully saturated rings. The molecule has 0 saturated carbocycles. The topological polar surface area (TPSA) is 124 Å². The van der Waals surface area contributed by atoms with Crippen LogP contribution in [-0.2, 0) is 29.0 Å². The first kappa shape index (κ1) is 30.4. The molecule has 2 atom stereocenters. The van der Waals surface area contributed by atoms with Crippen LogP contribution in [0.15, 0.2) is 30.3 Å². The van der Waals surface area contributed by atoms with Crippen molar-refractivity contribution in [1.29, 1.82) is 5.26 Å². The Morgan fingerprint density at radius 3 is 2.53 bits per heavy atom. The molecule has 12 heteroatoms. The molecular weight excluding hydrogens is 550 g/mol. The lowest BCUT2D eigenvalue weighted by atomic mass is 10.0. The van der Waals surface area contributed by atoms with E-state index in [-0.39, 0.29) is 31.7 Å². The van der Waals surface area contributed by atoms with Gasteiger partial charge in [-0.1, -0.05) is 30.3 Å². The van der Waals surface area contributed by atoms with Gasteiger partial charge >= 0.3 is 18.2 Å². The lowest BCUT2D eigenvalue weighted by Gasteiger charge is -2.40. The molecule has 2 saturated heterocycles. The second-order valence-electron chi connectivity index (χ2n) is 12.3. The van der Waals surface area contributed by atoms with E-state index in [2.05, 4.69) is 18.0 Å². The van der Waals surface area contributed by atoms with Crippen molar-refractivity contribution >= 4 is 18.0 Å². The second-order valence-corrected chi connectivity index (χ2v) is 12.3. The first-order valence-electron chi connectivity index (χ1n) is 14.9. The maximum absolute atomic E-state index is 13.0. The molecule has 0 unspecified atom stereocenters. The van der Waals surface area contributed by atoms with Crippen LogP contribution in [0.1, 0.15) is 50.4 Å². The average Bonchev–Trinajstić information content (AvgIpc) is 3.41. The first-order chi connectivity index (χ1) is 20.6. The Morgan fingerprint density at radius 2 is 1.84 bits per heavy atom. The molecular formula is C31H41N7O5. The fraction of sp³-hybridized carbons (Fsp3) is 0.581. The van der Waals surface area contributed by atoms with Gasteiger partial charge in [0.15, 0.2) is 0 Å². The minimum Gasteiger partial charge on any atom is -0.462 e. The van der Waals surface area contributed by atoms with Gasteiger partial charge in [0.25, 0.3) is 0 Å². The molecule has 4 heterocycles. The molecule has 0 bridgehead atoms. The molecule has 0 radical (unpaired) electrons. The standard InChI is InChI=1S/C31H41N7O5/c1-31(2,3)43-30(40)37-15-16-38(24(17-32)18-37)27-25-12-14-36(29(39)42-20-22-9-6-5-7-10-22)19-26(25)33-28(34-27)41-21-23-11-8-13-35(23)4/h5-7,9-10,23-24H,8,11-16,18-21H2,1-4H3/t23-,24-/m0/s1. The summed E-state index contributed by atoms with van der Waals surface area (Å²) in [6.07, 6.45) is 1.81. The molecule has 3 aliphatic heterocycles. The lowest BCUT2D eigenvalue weighted by molar-refractivity contribution is 0.0226. The van der Waals surface area contributed by atoms with E-state index < -0.39 is 23.8 Å². The van der Waals surface area contributed by atoms with E-state index in [9.17, 15) is 14.9 Å². The molecule has 12 nitrogen and oxygen atoms in total. The lowest BCUT2D eigenvalue weighted by Crippen LogP contribution is -2.56. The van der Waals surface area contributed by atoms with E-state index in [1.807, 2.05) is 56.0 Å². The van der Waals surface area contributed by atoms with Crippen molar-refractivity contribution in [3.63, 3.8) is 0 Å². The van der Waals surface area contributed by atoms with Crippen molar-refractivity contribution < 1.29 is 23.8 Å². The van der Waals surface area contributed by atoms with E-state index in [0.29, 0.717) is 44.2 Å². The second kappa shape index (κ2) is 13.0. The van der Waals surface area contributed by atoms with E-state index in [4.69, 9.17) is 24.2 Å². The molecule has 43 heavy (non-hydrogen) atoms. The molecule has 5 rings (SSSR count). The van der Waals surface area contributed by atoms with Crippen molar-refractivity contribution in [2.75, 3.05) is 51.3 Å². The monoisotopic (exact) mass is 591 g/mol. The number of carbonyl (C=O) groups is 2. The van der Waals surface area contributed by atoms with E-state index in [1.165, 1.54) is 0 Å². The molecule has 0 aliphatic carbocycles. The average molecular weight is 592 g/mol. The Labute approximate surface area is 253 Å². The molecule has 230 valence electrons. The van der Waals surface area contributed by atoms with Crippen LogP contribution < -0.4 is 9.64 Å². The van der Waals surface area contributed by atoms with Gasteiger partial charge in [-0.25, -0.2) is 9.59 Å². The van der Waals surface area contributed by atoms with E-state index in [1.54, 1.807) is 9.80 Å². The number of amides is 2. The van der Waals surface area contributed by atoms with Crippen LogP contribution in [-0.4, -0.2) is 101 Å². The highest BCUT2D eigenvalue weighted by Crippen LogP contribution is 2.32. The zero-order valence-electron chi connectivity index (χ0n) is 25.5. The van der Waals surface area contributed by atoms with Crippen molar-refractivity contribution in [2.45, 2.75) is 70.9 Å². The summed E-state index contributed by atoms with van der Waals surface area (Å²) in [5.41, 5.74) is 1.84. The summed E-state index contributed by atoms with van der Waals surface area (Å²) in [4.78, 5) is 42.7. The summed E-state index contributed by atoms with van der Waals surface area (Å²) in [6.45, 7) is 8.76. The van der Waals surface area contributed by atoms with E-state index >= 15 is 0 Å². The van der Waals surface area contributed by atoms with Gasteiger partial charge in [-0.3, -0.25) is 0 Å². The van der Waals surface area contributed by atoms with Crippen LogP contribution in [0.4, 0.5) is 15.4 Å². The fourth-order valence-electron chi connectivity index (χ4n) is 5.66. The Kier molecular flexibility index (Phi) is 9.20. The Balaban J connectivity index is 1.36. The Bertz CT molecular complexity index is 1340. The van der Waals surface area contributed by atoms with Crippen LogP contribution >= 0.6 is 0 Å². The Hall–Kier alpha value is -4.11. The minimum absolute atomic E-state index is 0.186. The molecule has 1 aromatic heterocycles. The number of fused-ring (bicyclic) bond motifs is 1. The number of hydrogen-bond donors (Lipinski definition) is 0. The number of ether oxygens (including phenoxy) is 3. The molecule has 2 amide bonds. The maximum Gasteiger partial charge on any atom is 0.410 e. The number of hydrogen-bond acceptors (Lipinski definition) is 10. The Morgan fingerprint density at radius 1 is 1.05 bits per heavy atom. The predicted octanol–water partition coefficient (Wildman–Crippen LogP) is 3.59. The zero-order valence-corrected chi connectivity index (χ0v) is 25.5. The molecule has 2 aromatic rings. The number of anilines is 1. The highest BCUT2D eigenvalue weighted by Gasteiger charge is 2.36. The third-order valence-corrected chi connectivity index (χ3v) is 8.02. The minimum atomic E-state index is -0.636. The highest BCUT2D eigenvalue weighted by atomic mass is 16.6. The first-order valence-corrected chi connectivity index (χ1v) is 14.9. The van der Waals surface area contributed by atoms with Crippen LogP contribution in [0.2, 0.25) is 0 Å². The predicted molar refractivity (Wildman–Crippen MR) is 158 cm³/mol. The number of piperazine rings is 1. The van der Waals surface area contributed by atoms with Crippen LogP contribution in [0, 0.1) is 11.3 Å². The smallest absolute Gasteiger partial charge is 0.410 e. The van der Waals surface area contributed by atoms with Gasteiger partial charge < -0.3 is 33.8 Å². The number of nitrogens with zero attached hydrogens (tertiary/aromatic N) is 7. The summed E-state index contributed by atoms with van der Waals surface area (Å²) in [7, 11) is 2.08. The number of aromatic nitrogens is 2. The largest absolute Gasteiger partial charge is 0.462 e. The molecule has 0 N–H and O–H groups in total. The number of likely N-dealkylation sites (N-methyl/N-ethyl adjacent to an activating group) is 1. The van der Waals surface area contributed by atoms with Gasteiger partial charge in [0.2, 0.25) is 0 Å². The molecule has 0 spiro atoms. The number of rotatable bonds is 6. The summed E-state index contributed by atoms with van der Waals surface area (Å²) in [6, 6.07) is 11.8. The summed E-state index contributed by atoms with van der Waals surface area (Å²) >= 11 is 0. The number of benzene rings is 1. The summed E-state index contributed by atoms with van der Waals surface area (Å²) < 4.78 is 17.3. The van der Waals surface area contributed by atoms with E-state index in [0.717, 1.165) is 30.5 Å². The van der Waals surface area contributed by atoms with Gasteiger partial charge in [0.1, 0.15) is 30.7 Å². The van der Waals surface area contributed by atoms with Crippen LogP contribution in [0.3, 0.4) is 0 Å². The summed E-state index contributed by atoms with van der Waals surface area (Å²) in [5, 5.41) is 10.2. The quantitative estimate of drug-likeness (QED) is 0.492. The van der Waals surface area contributed by atoms with Crippen molar-refractivity contribution in [2.24, 2.45) is 0 Å². The third kappa shape index (κ3) is 7.46. The van der Waals surface area contributed by atoms with Crippen molar-refractivity contribution in [1.82, 2.24) is 24.7 Å². The van der Waals surface area contributed by atoms with Crippen molar-refractivity contribution in [3.05, 3.63) is 47.2 Å². The number of carbonyl (C=O) groups excluding carboxylic acids is 2. The highest BCUT2D eigenvalue weighted by molar-refractivity contribution is 5.70. The zero-order chi connectivity index (χ0) is 30.6. The SMILES string of the molecule is CN1CCC[C@H]1COc1nc2c(c(N3CCN(C(=O)OC(C)(C)C)C[C@@H]3C#N)n1)CCN(C(=O)OCc1ccccc1)C2. The van der Waals surface area contributed by atoms with Crippen LogP contribution in [0.5, 0.6) is 6.01 Å². The molecule has 3 aliphatic rings. The maximum atomic E-state index is 13.0. The van der Waals surface area contributed by atoms with Gasteiger partial charge in [0.05, 0.1) is 24.9 Å². The number of nitriles is 1. The summed E-state index contributed by atoms with van der Waals surface area (Å²) in [5.74, 6) is 0.618. The van der Waals surface area contributed by atoms with Crippen LogP contribution in [0.25, 0.3) is 0 Å². The van der Waals surface area contributed by atoms with Gasteiger partial charge in [-0.05, 0) is 59.2 Å². The van der Waals surface area contributed by atoms with Crippen molar-refractivity contribution in [3.8, 4) is 12.1 Å². The third-order valence-electron chi connectivity index (χ3n) is 8.02. The van der Waals surface area contributed by atoms with Gasteiger partial charge in [0, 0.05) is 31.2 Å². The van der Waals surface area contributed by atoms with Gasteiger partial charge in [-0.2, -0.15) is 15.2 Å². The normalized spacial score (nSPS) is 20.8. The number of likely N-dealkylation sites (tertiary alicyclic amines) is 1. The van der Waals surface area contributed by atoms with Gasteiger partial charge in [-0.15, -0.1) is 0 Å². The molecule has 1 aromatic carbocycles.